The molecule has 14 unspecified atom stereocenters. The molecule has 0 aromatic carbocycles. The van der Waals surface area contributed by atoms with Crippen molar-refractivity contribution in [3.05, 3.63) is 0 Å². The molecule has 14 atom stereocenters. The second-order valence-electron chi connectivity index (χ2n) is 18.4. The second-order valence-corrected chi connectivity index (χ2v) is 18.4. The lowest BCUT2D eigenvalue weighted by atomic mass is 9.27. The van der Waals surface area contributed by atoms with Crippen LogP contribution in [0.1, 0.15) is 154 Å². The Labute approximate surface area is 252 Å². The van der Waals surface area contributed by atoms with E-state index < -0.39 is 0 Å². The number of fused-ring (bicyclic) bond motifs is 3. The molecule has 232 valence electrons. The van der Waals surface area contributed by atoms with E-state index in [0.717, 1.165) is 82.9 Å². The van der Waals surface area contributed by atoms with Crippen LogP contribution in [0, 0.1) is 99.1 Å². The molecule has 0 amide bonds. The lowest BCUT2D eigenvalue weighted by Crippen LogP contribution is -2.72. The van der Waals surface area contributed by atoms with Gasteiger partial charge in [0.2, 0.25) is 0 Å². The van der Waals surface area contributed by atoms with Crippen molar-refractivity contribution in [3.8, 4) is 0 Å². The van der Waals surface area contributed by atoms with Crippen molar-refractivity contribution in [1.29, 1.82) is 0 Å². The fraction of sp³-hybridized carbons (Fsp3) is 1.00. The van der Waals surface area contributed by atoms with Gasteiger partial charge in [-0.2, -0.15) is 0 Å². The molecule has 0 spiro atoms. The van der Waals surface area contributed by atoms with E-state index in [1.807, 2.05) is 0 Å². The smallest absolute Gasteiger partial charge is 0.0212 e. The molecule has 5 saturated carbocycles. The van der Waals surface area contributed by atoms with E-state index in [4.69, 9.17) is 0 Å². The first kappa shape index (κ1) is 31.4. The zero-order chi connectivity index (χ0) is 29.4. The van der Waals surface area contributed by atoms with Crippen LogP contribution in [0.15, 0.2) is 0 Å². The summed E-state index contributed by atoms with van der Waals surface area (Å²) in [4.78, 5) is 0. The summed E-state index contributed by atoms with van der Waals surface area (Å²) in [5.41, 5.74) is 1.35. The maximum atomic E-state index is 2.91. The Morgan fingerprint density at radius 1 is 0.750 bits per heavy atom. The predicted octanol–water partition coefficient (Wildman–Crippen LogP) is 12.2. The molecule has 0 bridgehead atoms. The fourth-order valence-electron chi connectivity index (χ4n) is 15.2. The van der Waals surface area contributed by atoms with Gasteiger partial charge in [0.05, 0.1) is 0 Å². The van der Waals surface area contributed by atoms with E-state index in [9.17, 15) is 0 Å². The van der Waals surface area contributed by atoms with Crippen molar-refractivity contribution in [2.75, 3.05) is 0 Å². The summed E-state index contributed by atoms with van der Waals surface area (Å²) >= 11 is 0. The first-order chi connectivity index (χ1) is 18.7. The molecule has 0 radical (unpaired) electrons. The van der Waals surface area contributed by atoms with Gasteiger partial charge in [0.25, 0.3) is 0 Å². The van der Waals surface area contributed by atoms with Crippen molar-refractivity contribution >= 4 is 0 Å². The first-order valence-corrected chi connectivity index (χ1v) is 18.7. The molecule has 5 aliphatic carbocycles. The van der Waals surface area contributed by atoms with Crippen molar-refractivity contribution in [2.24, 2.45) is 99.1 Å². The van der Waals surface area contributed by atoms with Gasteiger partial charge in [0.1, 0.15) is 0 Å². The van der Waals surface area contributed by atoms with Crippen molar-refractivity contribution in [3.63, 3.8) is 0 Å². The van der Waals surface area contributed by atoms with Crippen LogP contribution in [0.3, 0.4) is 0 Å². The predicted molar refractivity (Wildman–Crippen MR) is 175 cm³/mol. The van der Waals surface area contributed by atoms with Gasteiger partial charge in [0.15, 0.2) is 0 Å². The van der Waals surface area contributed by atoms with Gasteiger partial charge in [-0.25, -0.2) is 0 Å². The Kier molecular flexibility index (Phi) is 8.78. The highest BCUT2D eigenvalue weighted by Crippen LogP contribution is 2.78. The summed E-state index contributed by atoms with van der Waals surface area (Å²) in [5, 5.41) is 0. The standard InChI is InChI=1S/C40H72/c1-13-15-31-18-20-32(21-19-31)22-34-33-17-14-16-25(4)36(33)27(6)37-29(8)40(12)28(7)35(24(2)3)26(5)23-38(40,10)30(9)39(34,37)11/h24-37H,13-23H2,1-12H3. The first-order valence-electron chi connectivity index (χ1n) is 18.7. The van der Waals surface area contributed by atoms with Crippen LogP contribution in [0.4, 0.5) is 0 Å². The maximum absolute atomic E-state index is 2.91. The number of hydrogen-bond acceptors (Lipinski definition) is 0. The zero-order valence-electron chi connectivity index (χ0n) is 29.4. The Morgan fingerprint density at radius 2 is 1.38 bits per heavy atom. The quantitative estimate of drug-likeness (QED) is 0.318. The molecule has 0 nitrogen and oxygen atoms in total. The van der Waals surface area contributed by atoms with E-state index in [0.29, 0.717) is 16.2 Å². The highest BCUT2D eigenvalue weighted by Gasteiger charge is 2.73. The van der Waals surface area contributed by atoms with Gasteiger partial charge >= 0.3 is 0 Å². The maximum Gasteiger partial charge on any atom is -0.0212 e. The van der Waals surface area contributed by atoms with Crippen molar-refractivity contribution in [2.45, 2.75) is 154 Å². The van der Waals surface area contributed by atoms with E-state index >= 15 is 0 Å². The van der Waals surface area contributed by atoms with Gasteiger partial charge in [-0.1, -0.05) is 134 Å². The highest BCUT2D eigenvalue weighted by molar-refractivity contribution is 5.20. The van der Waals surface area contributed by atoms with Crippen LogP contribution in [0.25, 0.3) is 0 Å². The van der Waals surface area contributed by atoms with Crippen LogP contribution in [-0.4, -0.2) is 0 Å². The lowest BCUT2D eigenvalue weighted by molar-refractivity contribution is -0.294. The molecule has 0 aromatic rings. The van der Waals surface area contributed by atoms with Gasteiger partial charge in [-0.15, -0.1) is 0 Å². The second kappa shape index (κ2) is 11.2. The number of hydrogen-bond donors (Lipinski definition) is 0. The molecule has 5 fully saturated rings. The lowest BCUT2D eigenvalue weighted by Gasteiger charge is -2.77. The average molecular weight is 553 g/mol. The summed E-state index contributed by atoms with van der Waals surface area (Å²) in [5.74, 6) is 12.6. The minimum Gasteiger partial charge on any atom is -0.0654 e. The Bertz CT molecular complexity index is 863. The summed E-state index contributed by atoms with van der Waals surface area (Å²) in [7, 11) is 0. The molecule has 5 aliphatic rings. The molecular formula is C40H72. The van der Waals surface area contributed by atoms with E-state index in [-0.39, 0.29) is 0 Å². The van der Waals surface area contributed by atoms with E-state index in [2.05, 4.69) is 83.1 Å². The Morgan fingerprint density at radius 3 is 1.98 bits per heavy atom. The van der Waals surface area contributed by atoms with E-state index in [1.54, 1.807) is 6.42 Å². The molecule has 40 heavy (non-hydrogen) atoms. The highest BCUT2D eigenvalue weighted by atomic mass is 14.8. The summed E-state index contributed by atoms with van der Waals surface area (Å²) in [6.07, 6.45) is 16.5. The van der Waals surface area contributed by atoms with Gasteiger partial charge < -0.3 is 0 Å². The molecule has 0 N–H and O–H groups in total. The van der Waals surface area contributed by atoms with Crippen LogP contribution >= 0.6 is 0 Å². The average Bonchev–Trinajstić information content (AvgIpc) is 2.89. The SMILES string of the molecule is CCCC1CCC(CC2C3CCCC(C)C3C(C)C3C(C)C4(C)C(C)C(C(C)C)C(C)CC4(C)C(C)C23C)CC1. The van der Waals surface area contributed by atoms with Gasteiger partial charge in [-0.05, 0) is 118 Å². The molecule has 0 heterocycles. The molecule has 0 heteroatoms. The van der Waals surface area contributed by atoms with Crippen LogP contribution in [0.5, 0.6) is 0 Å². The molecule has 5 rings (SSSR count). The van der Waals surface area contributed by atoms with Gasteiger partial charge in [0, 0.05) is 0 Å². The Balaban J connectivity index is 1.57. The summed E-state index contributed by atoms with van der Waals surface area (Å²) in [6, 6.07) is 0. The fourth-order valence-corrected chi connectivity index (χ4v) is 15.2. The third kappa shape index (κ3) is 4.38. The third-order valence-corrected chi connectivity index (χ3v) is 17.1. The minimum absolute atomic E-state index is 0.430. The minimum atomic E-state index is 0.430. The molecule has 0 aromatic heterocycles. The van der Waals surface area contributed by atoms with Crippen LogP contribution < -0.4 is 0 Å². The monoisotopic (exact) mass is 553 g/mol. The molecule has 0 saturated heterocycles. The van der Waals surface area contributed by atoms with Crippen LogP contribution in [-0.2, 0) is 0 Å². The van der Waals surface area contributed by atoms with E-state index in [1.165, 1.54) is 64.2 Å². The van der Waals surface area contributed by atoms with Gasteiger partial charge in [-0.3, -0.25) is 0 Å². The van der Waals surface area contributed by atoms with Crippen LogP contribution in [0.2, 0.25) is 0 Å². The molecule has 0 aliphatic heterocycles. The zero-order valence-corrected chi connectivity index (χ0v) is 29.4. The largest absolute Gasteiger partial charge is 0.0654 e. The summed E-state index contributed by atoms with van der Waals surface area (Å²) < 4.78 is 0. The Hall–Kier alpha value is 0. The number of rotatable bonds is 5. The topological polar surface area (TPSA) is 0 Å². The normalized spacial score (nSPS) is 56.8. The third-order valence-electron chi connectivity index (χ3n) is 17.1. The molecular weight excluding hydrogens is 480 g/mol. The van der Waals surface area contributed by atoms with Crippen molar-refractivity contribution < 1.29 is 0 Å². The van der Waals surface area contributed by atoms with Crippen molar-refractivity contribution in [1.82, 2.24) is 0 Å². The summed E-state index contributed by atoms with van der Waals surface area (Å²) in [6.45, 7) is 32.5.